The van der Waals surface area contributed by atoms with Crippen LogP contribution in [0.2, 0.25) is 0 Å². The van der Waals surface area contributed by atoms with Crippen molar-refractivity contribution in [3.8, 4) is 0 Å². The lowest BCUT2D eigenvalue weighted by Gasteiger charge is -2.18. The van der Waals surface area contributed by atoms with E-state index in [1.54, 1.807) is 0 Å². The molecule has 0 radical (unpaired) electrons. The van der Waals surface area contributed by atoms with Gasteiger partial charge in [-0.05, 0) is 0 Å². The summed E-state index contributed by atoms with van der Waals surface area (Å²) in [6.07, 6.45) is -0.369. The first kappa shape index (κ1) is 13.6. The average molecular weight is 218 g/mol. The third kappa shape index (κ3) is 5.79. The Morgan fingerprint density at radius 2 is 2.00 bits per heavy atom. The zero-order chi connectivity index (χ0) is 11.8. The molecule has 86 valence electrons. The number of hydrogen-bond acceptors (Lipinski definition) is 5. The molecular weight excluding hydrogens is 202 g/mol. The van der Waals surface area contributed by atoms with Crippen molar-refractivity contribution in [2.24, 2.45) is 0 Å². The summed E-state index contributed by atoms with van der Waals surface area (Å²) in [6.45, 7) is 3.02. The van der Waals surface area contributed by atoms with Crippen LogP contribution in [0.15, 0.2) is 0 Å². The van der Waals surface area contributed by atoms with Gasteiger partial charge in [0.05, 0.1) is 6.61 Å². The van der Waals surface area contributed by atoms with Gasteiger partial charge >= 0.3 is 5.97 Å². The molecule has 0 aromatic heterocycles. The number of rotatable bonds is 7. The number of esters is 1. The van der Waals surface area contributed by atoms with Crippen molar-refractivity contribution in [2.45, 2.75) is 32.4 Å². The maximum Gasteiger partial charge on any atom is 0.303 e. The second-order valence-corrected chi connectivity index (χ2v) is 3.12. The highest BCUT2D eigenvalue weighted by Crippen LogP contribution is 2.03. The zero-order valence-electron chi connectivity index (χ0n) is 8.89. The van der Waals surface area contributed by atoms with Crippen LogP contribution in [0, 0.1) is 0 Å². The smallest absolute Gasteiger partial charge is 0.303 e. The third-order valence-electron chi connectivity index (χ3n) is 1.88. The minimum absolute atomic E-state index is 0.0980. The van der Waals surface area contributed by atoms with Gasteiger partial charge in [0.1, 0.15) is 0 Å². The highest BCUT2D eigenvalue weighted by atomic mass is 16.5. The fourth-order valence-electron chi connectivity index (χ4n) is 1.05. The van der Waals surface area contributed by atoms with Gasteiger partial charge in [0.15, 0.2) is 17.9 Å². The molecule has 2 atom stereocenters. The molecular formula is C9H16NO5+. The molecule has 2 unspecified atom stereocenters. The van der Waals surface area contributed by atoms with Gasteiger partial charge in [-0.15, -0.1) is 0 Å². The number of hydrogen-bond donors (Lipinski definition) is 1. The zero-order valence-corrected chi connectivity index (χ0v) is 8.89. The summed E-state index contributed by atoms with van der Waals surface area (Å²) in [5.41, 5.74) is 3.60. The molecule has 0 saturated heterocycles. The summed E-state index contributed by atoms with van der Waals surface area (Å²) in [7, 11) is 0. The van der Waals surface area contributed by atoms with Crippen LogP contribution in [0.3, 0.4) is 0 Å². The Morgan fingerprint density at radius 3 is 2.40 bits per heavy atom. The molecule has 0 aromatic carbocycles. The van der Waals surface area contributed by atoms with Crippen molar-refractivity contribution in [3.63, 3.8) is 0 Å². The van der Waals surface area contributed by atoms with Gasteiger partial charge in [-0.3, -0.25) is 14.4 Å². The summed E-state index contributed by atoms with van der Waals surface area (Å²) in [6, 6.07) is -0.635. The predicted molar refractivity (Wildman–Crippen MR) is 49.5 cm³/mol. The minimum atomic E-state index is -0.639. The van der Waals surface area contributed by atoms with Crippen LogP contribution < -0.4 is 5.73 Å². The van der Waals surface area contributed by atoms with E-state index in [0.717, 1.165) is 0 Å². The van der Waals surface area contributed by atoms with Gasteiger partial charge in [0.25, 0.3) is 6.47 Å². The molecule has 0 heterocycles. The number of carbonyl (C=O) groups is 3. The molecule has 0 aromatic rings. The summed E-state index contributed by atoms with van der Waals surface area (Å²) in [4.78, 5) is 31.7. The lowest BCUT2D eigenvalue weighted by Crippen LogP contribution is -2.70. The molecule has 0 aliphatic carbocycles. The maximum absolute atomic E-state index is 11.0. The second-order valence-electron chi connectivity index (χ2n) is 3.12. The lowest BCUT2D eigenvalue weighted by atomic mass is 10.1. The molecule has 0 spiro atoms. The van der Waals surface area contributed by atoms with Crippen molar-refractivity contribution in [1.82, 2.24) is 0 Å². The first-order valence-electron chi connectivity index (χ1n) is 4.55. The van der Waals surface area contributed by atoms with Gasteiger partial charge in [0, 0.05) is 20.3 Å². The van der Waals surface area contributed by atoms with E-state index in [0.29, 0.717) is 6.47 Å². The topological polar surface area (TPSA) is 97.3 Å². The predicted octanol–water partition coefficient (Wildman–Crippen LogP) is -1.32. The summed E-state index contributed by atoms with van der Waals surface area (Å²) in [5.74, 6) is -0.659. The SMILES string of the molecule is CC(=O)OC(CCOC=O)C([NH3+])C(C)=O. The molecule has 0 aliphatic heterocycles. The van der Waals surface area contributed by atoms with Gasteiger partial charge in [-0.25, -0.2) is 0 Å². The van der Waals surface area contributed by atoms with E-state index in [2.05, 4.69) is 10.5 Å². The number of carbonyl (C=O) groups excluding carboxylic acids is 3. The molecule has 6 heteroatoms. The largest absolute Gasteiger partial charge is 0.468 e. The molecule has 0 bridgehead atoms. The van der Waals surface area contributed by atoms with Crippen LogP contribution in [0.1, 0.15) is 20.3 Å². The van der Waals surface area contributed by atoms with Crippen LogP contribution in [0.5, 0.6) is 0 Å². The number of ketones is 1. The second kappa shape index (κ2) is 6.94. The highest BCUT2D eigenvalue weighted by molar-refractivity contribution is 5.80. The van der Waals surface area contributed by atoms with Crippen molar-refractivity contribution in [1.29, 1.82) is 0 Å². The monoisotopic (exact) mass is 218 g/mol. The van der Waals surface area contributed by atoms with Crippen molar-refractivity contribution in [3.05, 3.63) is 0 Å². The van der Waals surface area contributed by atoms with Crippen LogP contribution >= 0.6 is 0 Å². The Hall–Kier alpha value is -1.43. The molecule has 6 nitrogen and oxygen atoms in total. The Kier molecular flexibility index (Phi) is 6.28. The Morgan fingerprint density at radius 1 is 1.40 bits per heavy atom. The summed E-state index contributed by atoms with van der Waals surface area (Å²) < 4.78 is 9.37. The van der Waals surface area contributed by atoms with Gasteiger partial charge in [0.2, 0.25) is 0 Å². The molecule has 15 heavy (non-hydrogen) atoms. The number of ether oxygens (including phenoxy) is 2. The van der Waals surface area contributed by atoms with E-state index in [-0.39, 0.29) is 18.8 Å². The lowest BCUT2D eigenvalue weighted by molar-refractivity contribution is -0.420. The molecule has 0 amide bonds. The van der Waals surface area contributed by atoms with E-state index in [9.17, 15) is 14.4 Å². The molecule has 3 N–H and O–H groups in total. The minimum Gasteiger partial charge on any atom is -0.468 e. The number of quaternary nitrogens is 1. The van der Waals surface area contributed by atoms with Gasteiger partial charge in [-0.1, -0.05) is 0 Å². The maximum atomic E-state index is 11.0. The summed E-state index contributed by atoms with van der Waals surface area (Å²) >= 11 is 0. The Labute approximate surface area is 87.7 Å². The molecule has 0 fully saturated rings. The number of Topliss-reactive ketones (excluding diaryl/α,β-unsaturated/α-hetero) is 1. The molecule has 0 aliphatic rings. The highest BCUT2D eigenvalue weighted by Gasteiger charge is 2.27. The Balaban J connectivity index is 4.22. The van der Waals surface area contributed by atoms with E-state index >= 15 is 0 Å². The quantitative estimate of drug-likeness (QED) is 0.325. The summed E-state index contributed by atoms with van der Waals surface area (Å²) in [5, 5.41) is 0. The fraction of sp³-hybridized carbons (Fsp3) is 0.667. The van der Waals surface area contributed by atoms with Crippen molar-refractivity contribution in [2.75, 3.05) is 6.61 Å². The Bertz CT molecular complexity index is 241. The van der Waals surface area contributed by atoms with Crippen molar-refractivity contribution < 1.29 is 29.6 Å². The third-order valence-corrected chi connectivity index (χ3v) is 1.88. The van der Waals surface area contributed by atoms with Gasteiger partial charge < -0.3 is 15.2 Å². The van der Waals surface area contributed by atoms with Crippen molar-refractivity contribution >= 4 is 18.2 Å². The molecule has 0 rings (SSSR count). The van der Waals surface area contributed by atoms with Crippen LogP contribution in [0.4, 0.5) is 0 Å². The van der Waals surface area contributed by atoms with E-state index in [1.165, 1.54) is 13.8 Å². The van der Waals surface area contributed by atoms with E-state index in [1.807, 2.05) is 0 Å². The van der Waals surface area contributed by atoms with Crippen LogP contribution in [-0.4, -0.2) is 37.0 Å². The first-order chi connectivity index (χ1) is 6.99. The van der Waals surface area contributed by atoms with Crippen LogP contribution in [-0.2, 0) is 23.9 Å². The van der Waals surface area contributed by atoms with E-state index < -0.39 is 18.1 Å². The normalized spacial score (nSPS) is 13.8. The van der Waals surface area contributed by atoms with Crippen LogP contribution in [0.25, 0.3) is 0 Å². The fourth-order valence-corrected chi connectivity index (χ4v) is 1.05. The van der Waals surface area contributed by atoms with E-state index in [4.69, 9.17) is 4.74 Å². The van der Waals surface area contributed by atoms with Gasteiger partial charge in [-0.2, -0.15) is 0 Å². The average Bonchev–Trinajstić information content (AvgIpc) is 2.14. The standard InChI is InChI=1S/C9H15NO5/c1-6(12)9(10)8(15-7(2)13)3-4-14-5-11/h5,8-9H,3-4,10H2,1-2H3/p+1. The first-order valence-corrected chi connectivity index (χ1v) is 4.55. The molecule has 0 saturated carbocycles.